The lowest BCUT2D eigenvalue weighted by molar-refractivity contribution is 0.000869. The minimum absolute atomic E-state index is 0.0254. The van der Waals surface area contributed by atoms with E-state index in [4.69, 9.17) is 16.3 Å². The van der Waals surface area contributed by atoms with Gasteiger partial charge in [0.1, 0.15) is 5.82 Å². The van der Waals surface area contributed by atoms with Crippen LogP contribution in [0.2, 0.25) is 5.02 Å². The molecular weight excluding hydrogens is 321 g/mol. The van der Waals surface area contributed by atoms with E-state index < -0.39 is 5.82 Å². The molecule has 7 heteroatoms. The van der Waals surface area contributed by atoms with Crippen LogP contribution in [0.4, 0.5) is 4.39 Å². The Morgan fingerprint density at radius 1 is 1.52 bits per heavy atom. The number of carbonyl (C=O) groups excluding carboxylic acids is 1. The third-order valence-electron chi connectivity index (χ3n) is 3.89. The van der Waals surface area contributed by atoms with Crippen molar-refractivity contribution in [3.05, 3.63) is 52.6 Å². The average Bonchev–Trinajstić information content (AvgIpc) is 2.94. The Hall–Kier alpha value is -1.92. The number of nitrogens with zero attached hydrogens (tertiary/aromatic N) is 2. The standard InChI is InChI=1S/C16H17ClFN3O2/c1-21-9-10(8-19-21)15-7-12(4-5-23-15)20-16(22)13-3-2-11(18)6-14(13)17/h2-3,6,8-9,12,15H,4-5,7H2,1H3,(H,20,22)/t12-,15-/m1/s1. The number of carbonyl (C=O) groups is 1. The number of aromatic nitrogens is 2. The summed E-state index contributed by atoms with van der Waals surface area (Å²) in [4.78, 5) is 12.3. The molecule has 2 heterocycles. The summed E-state index contributed by atoms with van der Waals surface area (Å²) in [6.07, 6.45) is 4.97. The zero-order valence-electron chi connectivity index (χ0n) is 12.6. The number of ether oxygens (including phenoxy) is 1. The molecule has 3 rings (SSSR count). The minimum atomic E-state index is -0.464. The van der Waals surface area contributed by atoms with Gasteiger partial charge in [0, 0.05) is 31.5 Å². The van der Waals surface area contributed by atoms with E-state index in [0.717, 1.165) is 18.1 Å². The Morgan fingerprint density at radius 3 is 3.04 bits per heavy atom. The van der Waals surface area contributed by atoms with E-state index in [1.54, 1.807) is 10.9 Å². The lowest BCUT2D eigenvalue weighted by atomic mass is 9.99. The molecule has 0 bridgehead atoms. The number of rotatable bonds is 3. The highest BCUT2D eigenvalue weighted by molar-refractivity contribution is 6.33. The van der Waals surface area contributed by atoms with Gasteiger partial charge in [0.15, 0.2) is 0 Å². The van der Waals surface area contributed by atoms with E-state index in [0.29, 0.717) is 13.0 Å². The van der Waals surface area contributed by atoms with Crippen molar-refractivity contribution < 1.29 is 13.9 Å². The molecular formula is C16H17ClFN3O2. The first-order chi connectivity index (χ1) is 11.0. The molecule has 1 N–H and O–H groups in total. The molecule has 0 unspecified atom stereocenters. The number of hydrogen-bond acceptors (Lipinski definition) is 3. The summed E-state index contributed by atoms with van der Waals surface area (Å²) in [6.45, 7) is 0.557. The highest BCUT2D eigenvalue weighted by Crippen LogP contribution is 2.28. The highest BCUT2D eigenvalue weighted by atomic mass is 35.5. The van der Waals surface area contributed by atoms with Crippen LogP contribution in [0.15, 0.2) is 30.6 Å². The average molecular weight is 338 g/mol. The summed E-state index contributed by atoms with van der Waals surface area (Å²) in [7, 11) is 1.85. The first-order valence-electron chi connectivity index (χ1n) is 7.39. The van der Waals surface area contributed by atoms with Gasteiger partial charge >= 0.3 is 0 Å². The zero-order chi connectivity index (χ0) is 16.4. The van der Waals surface area contributed by atoms with Gasteiger partial charge in [-0.2, -0.15) is 5.10 Å². The summed E-state index contributed by atoms with van der Waals surface area (Å²) in [5, 5.41) is 7.20. The first kappa shape index (κ1) is 16.0. The van der Waals surface area contributed by atoms with E-state index in [9.17, 15) is 9.18 Å². The van der Waals surface area contributed by atoms with Crippen molar-refractivity contribution in [3.8, 4) is 0 Å². The molecule has 0 aliphatic carbocycles. The smallest absolute Gasteiger partial charge is 0.253 e. The van der Waals surface area contributed by atoms with Gasteiger partial charge in [0.05, 0.1) is 22.9 Å². The Labute approximate surface area is 138 Å². The van der Waals surface area contributed by atoms with E-state index in [1.807, 2.05) is 13.2 Å². The summed E-state index contributed by atoms with van der Waals surface area (Å²) in [5.74, 6) is -0.763. The van der Waals surface area contributed by atoms with Gasteiger partial charge in [-0.1, -0.05) is 11.6 Å². The zero-order valence-corrected chi connectivity index (χ0v) is 13.4. The molecule has 1 fully saturated rings. The highest BCUT2D eigenvalue weighted by Gasteiger charge is 2.26. The molecule has 2 atom stereocenters. The maximum Gasteiger partial charge on any atom is 0.253 e. The molecule has 1 aromatic carbocycles. The topological polar surface area (TPSA) is 56.2 Å². The third kappa shape index (κ3) is 3.71. The molecule has 1 aliphatic rings. The predicted molar refractivity (Wildman–Crippen MR) is 83.8 cm³/mol. The van der Waals surface area contributed by atoms with Crippen LogP contribution in [-0.4, -0.2) is 28.3 Å². The van der Waals surface area contributed by atoms with Crippen LogP contribution in [0.5, 0.6) is 0 Å². The monoisotopic (exact) mass is 337 g/mol. The lowest BCUT2D eigenvalue weighted by Gasteiger charge is -2.29. The predicted octanol–water partition coefficient (Wildman–Crippen LogP) is 2.86. The Morgan fingerprint density at radius 2 is 2.35 bits per heavy atom. The third-order valence-corrected chi connectivity index (χ3v) is 4.20. The van der Waals surface area contributed by atoms with Gasteiger partial charge < -0.3 is 10.1 Å². The van der Waals surface area contributed by atoms with Crippen LogP contribution in [0.25, 0.3) is 0 Å². The van der Waals surface area contributed by atoms with E-state index in [-0.39, 0.29) is 28.6 Å². The molecule has 1 aromatic heterocycles. The number of nitrogens with one attached hydrogen (secondary N) is 1. The molecule has 0 radical (unpaired) electrons. The molecule has 1 aliphatic heterocycles. The molecule has 5 nitrogen and oxygen atoms in total. The van der Waals surface area contributed by atoms with Crippen molar-refractivity contribution in [3.63, 3.8) is 0 Å². The number of hydrogen-bond donors (Lipinski definition) is 1. The fourth-order valence-electron chi connectivity index (χ4n) is 2.70. The summed E-state index contributed by atoms with van der Waals surface area (Å²) < 4.78 is 20.5. The van der Waals surface area contributed by atoms with Gasteiger partial charge in [-0.05, 0) is 31.0 Å². The Bertz CT molecular complexity index is 719. The number of amides is 1. The molecule has 0 spiro atoms. The van der Waals surface area contributed by atoms with E-state index in [2.05, 4.69) is 10.4 Å². The van der Waals surface area contributed by atoms with E-state index >= 15 is 0 Å². The molecule has 2 aromatic rings. The largest absolute Gasteiger partial charge is 0.373 e. The summed E-state index contributed by atoms with van der Waals surface area (Å²) in [5.41, 5.74) is 1.27. The van der Waals surface area contributed by atoms with Crippen LogP contribution in [0, 0.1) is 5.82 Å². The van der Waals surface area contributed by atoms with Crippen LogP contribution in [0.3, 0.4) is 0 Å². The normalized spacial score (nSPS) is 21.2. The van der Waals surface area contributed by atoms with Gasteiger partial charge in [0.2, 0.25) is 0 Å². The van der Waals surface area contributed by atoms with Crippen molar-refractivity contribution in [2.45, 2.75) is 25.0 Å². The van der Waals surface area contributed by atoms with Crippen LogP contribution in [-0.2, 0) is 11.8 Å². The SMILES string of the molecule is Cn1cc([C@H]2C[C@H](NC(=O)c3ccc(F)cc3Cl)CCO2)cn1. The first-order valence-corrected chi connectivity index (χ1v) is 7.77. The Balaban J connectivity index is 1.66. The second-order valence-electron chi connectivity index (χ2n) is 5.63. The maximum absolute atomic E-state index is 13.1. The fraction of sp³-hybridized carbons (Fsp3) is 0.375. The molecule has 23 heavy (non-hydrogen) atoms. The summed E-state index contributed by atoms with van der Waals surface area (Å²) >= 11 is 5.93. The van der Waals surface area contributed by atoms with Crippen LogP contribution in [0.1, 0.15) is 34.9 Å². The lowest BCUT2D eigenvalue weighted by Crippen LogP contribution is -2.39. The Kier molecular flexibility index (Phi) is 4.63. The quantitative estimate of drug-likeness (QED) is 0.937. The molecule has 1 amide bonds. The van der Waals surface area contributed by atoms with Crippen molar-refractivity contribution in [1.82, 2.24) is 15.1 Å². The molecule has 0 saturated carbocycles. The van der Waals surface area contributed by atoms with Crippen LogP contribution < -0.4 is 5.32 Å². The number of benzene rings is 1. The number of halogens is 2. The fourth-order valence-corrected chi connectivity index (χ4v) is 2.96. The number of aryl methyl sites for hydroxylation is 1. The van der Waals surface area contributed by atoms with Crippen molar-refractivity contribution in [2.24, 2.45) is 7.05 Å². The van der Waals surface area contributed by atoms with Crippen molar-refractivity contribution >= 4 is 17.5 Å². The minimum Gasteiger partial charge on any atom is -0.373 e. The van der Waals surface area contributed by atoms with Gasteiger partial charge in [-0.3, -0.25) is 9.48 Å². The van der Waals surface area contributed by atoms with Gasteiger partial charge in [-0.25, -0.2) is 4.39 Å². The maximum atomic E-state index is 13.1. The van der Waals surface area contributed by atoms with Crippen molar-refractivity contribution in [2.75, 3.05) is 6.61 Å². The second-order valence-corrected chi connectivity index (χ2v) is 6.03. The second kappa shape index (κ2) is 6.68. The molecule has 1 saturated heterocycles. The van der Waals surface area contributed by atoms with Crippen molar-refractivity contribution in [1.29, 1.82) is 0 Å². The molecule has 122 valence electrons. The van der Waals surface area contributed by atoms with Crippen LogP contribution >= 0.6 is 11.6 Å². The summed E-state index contributed by atoms with van der Waals surface area (Å²) in [6, 6.07) is 3.73. The van der Waals surface area contributed by atoms with Gasteiger partial charge in [0.25, 0.3) is 5.91 Å². The van der Waals surface area contributed by atoms with Gasteiger partial charge in [-0.15, -0.1) is 0 Å². The van der Waals surface area contributed by atoms with E-state index in [1.165, 1.54) is 12.1 Å².